The van der Waals surface area contributed by atoms with E-state index in [9.17, 15) is 23.9 Å². The lowest BCUT2D eigenvalue weighted by atomic mass is 9.89. The Bertz CT molecular complexity index is 1640. The molecular weight excluding hydrogens is 612 g/mol. The Labute approximate surface area is 271 Å². The average Bonchev–Trinajstić information content (AvgIpc) is 3.05. The van der Waals surface area contributed by atoms with Crippen molar-refractivity contribution in [1.29, 1.82) is 5.26 Å². The lowest BCUT2D eigenvalue weighted by molar-refractivity contribution is -0.165. The molecule has 1 amide bonds. The maximum absolute atomic E-state index is 14.9. The first-order valence-electron chi connectivity index (χ1n) is 15.7. The van der Waals surface area contributed by atoms with E-state index in [-0.39, 0.29) is 24.3 Å². The highest BCUT2D eigenvalue weighted by molar-refractivity contribution is 5.80. The summed E-state index contributed by atoms with van der Waals surface area (Å²) in [5.74, 6) is -2.21. The molecule has 3 aromatic rings. The van der Waals surface area contributed by atoms with Crippen LogP contribution >= 0.6 is 0 Å². The maximum atomic E-state index is 14.9. The number of benzene rings is 1. The van der Waals surface area contributed by atoms with E-state index in [2.05, 4.69) is 20.2 Å². The number of carbonyl (C=O) groups is 1. The smallest absolute Gasteiger partial charge is 0.301 e. The maximum Gasteiger partial charge on any atom is 0.301 e. The van der Waals surface area contributed by atoms with Crippen molar-refractivity contribution in [3.05, 3.63) is 53.9 Å². The summed E-state index contributed by atoms with van der Waals surface area (Å²) in [5, 5.41) is 22.5. The summed E-state index contributed by atoms with van der Waals surface area (Å²) in [6.45, 7) is 4.04. The van der Waals surface area contributed by atoms with Gasteiger partial charge in [0.1, 0.15) is 35.9 Å². The van der Waals surface area contributed by atoms with E-state index in [4.69, 9.17) is 19.2 Å². The van der Waals surface area contributed by atoms with Gasteiger partial charge in [-0.3, -0.25) is 9.69 Å². The fourth-order valence-electron chi connectivity index (χ4n) is 6.27. The van der Waals surface area contributed by atoms with Crippen LogP contribution in [0.1, 0.15) is 43.2 Å². The summed E-state index contributed by atoms with van der Waals surface area (Å²) in [7, 11) is 1.61. The van der Waals surface area contributed by atoms with Crippen LogP contribution in [0.5, 0.6) is 11.6 Å². The predicted molar refractivity (Wildman–Crippen MR) is 167 cm³/mol. The number of ether oxygens (including phenoxy) is 3. The molecule has 0 aliphatic carbocycles. The van der Waals surface area contributed by atoms with Gasteiger partial charge < -0.3 is 29.5 Å². The van der Waals surface area contributed by atoms with Crippen molar-refractivity contribution in [3.8, 4) is 29.0 Å². The van der Waals surface area contributed by atoms with Gasteiger partial charge in [0.25, 0.3) is 5.91 Å². The molecule has 0 spiro atoms. The molecule has 12 nitrogen and oxygen atoms in total. The molecule has 2 aromatic heterocycles. The second-order valence-corrected chi connectivity index (χ2v) is 12.1. The number of anilines is 2. The molecule has 0 saturated carbocycles. The number of hydrogen-bond acceptors (Lipinski definition) is 11. The number of amides is 1. The Morgan fingerprint density at radius 2 is 1.91 bits per heavy atom. The fourth-order valence-corrected chi connectivity index (χ4v) is 6.27. The zero-order chi connectivity index (χ0) is 33.1. The van der Waals surface area contributed by atoms with E-state index in [1.165, 1.54) is 25.4 Å². The molecule has 3 aliphatic heterocycles. The lowest BCUT2D eigenvalue weighted by Gasteiger charge is -2.41. The Balaban J connectivity index is 1.12. The molecule has 0 radical (unpaired) electrons. The number of halogens is 2. The van der Waals surface area contributed by atoms with E-state index in [1.807, 2.05) is 18.2 Å². The third kappa shape index (κ3) is 7.12. The summed E-state index contributed by atoms with van der Waals surface area (Å²) < 4.78 is 46.5. The Hall–Kier alpha value is -4.45. The third-order valence-corrected chi connectivity index (χ3v) is 8.98. The number of pyridine rings is 1. The molecule has 3 saturated heterocycles. The first-order chi connectivity index (χ1) is 22.6. The average molecular weight is 650 g/mol. The van der Waals surface area contributed by atoms with Crippen LogP contribution < -0.4 is 14.8 Å². The van der Waals surface area contributed by atoms with Gasteiger partial charge in [0.2, 0.25) is 5.88 Å². The molecule has 5 heterocycles. The molecular formula is C33H37F2N7O5. The third-order valence-electron chi connectivity index (χ3n) is 8.98. The number of rotatable bonds is 9. The monoisotopic (exact) mass is 649 g/mol. The van der Waals surface area contributed by atoms with Crippen LogP contribution in [0.2, 0.25) is 0 Å². The number of likely N-dealkylation sites (tertiary alicyclic amines) is 2. The second-order valence-electron chi connectivity index (χ2n) is 12.1. The molecule has 6 rings (SSSR count). The number of piperidine rings is 2. The van der Waals surface area contributed by atoms with E-state index in [0.29, 0.717) is 40.7 Å². The highest BCUT2D eigenvalue weighted by Gasteiger charge is 2.48. The number of hydrogen-bond donors (Lipinski definition) is 2. The molecule has 1 unspecified atom stereocenters. The minimum atomic E-state index is -3.38. The predicted octanol–water partition coefficient (Wildman–Crippen LogP) is 3.74. The van der Waals surface area contributed by atoms with E-state index in [0.717, 1.165) is 49.6 Å². The number of nitriles is 1. The summed E-state index contributed by atoms with van der Waals surface area (Å²) in [6.07, 6.45) is 0.358. The number of nitrogens with zero attached hydrogens (tertiary/aromatic N) is 6. The molecule has 47 heavy (non-hydrogen) atoms. The summed E-state index contributed by atoms with van der Waals surface area (Å²) in [4.78, 5) is 28.8. The normalized spacial score (nSPS) is 20.9. The van der Waals surface area contributed by atoms with Crippen LogP contribution in [0.15, 0.2) is 42.7 Å². The Morgan fingerprint density at radius 3 is 2.57 bits per heavy atom. The SMILES string of the molecule is COc1nc(Nc2cc(-c3ccc(OC4CCN(C(=O)[C@@H](C)O)CC4(F)F)c(C#N)c3)ncn2)ccc1C1CCN(C2COC2)CC1. The highest BCUT2D eigenvalue weighted by atomic mass is 19.3. The number of nitrogens with one attached hydrogen (secondary N) is 1. The van der Waals surface area contributed by atoms with Crippen molar-refractivity contribution in [2.75, 3.05) is 51.8 Å². The zero-order valence-corrected chi connectivity index (χ0v) is 26.2. The highest BCUT2D eigenvalue weighted by Crippen LogP contribution is 2.36. The number of aliphatic hydroxyl groups is 1. The van der Waals surface area contributed by atoms with Crippen LogP contribution in [-0.2, 0) is 9.53 Å². The molecule has 248 valence electrons. The first kappa shape index (κ1) is 32.5. The molecule has 1 aromatic carbocycles. The Kier molecular flexibility index (Phi) is 9.49. The standard InChI is InChI=1S/C33H37F2N7O5/c1-20(43)32(44)42-12-9-28(33(34,35)18-42)47-27-5-3-22(13-23(27)15-36)26-14-30(38-19-37-26)39-29-6-4-25(31(40-29)45-2)21-7-10-41(11-8-21)24-16-46-17-24/h3-6,13-14,19-21,24,28,43H,7-12,16-18H2,1-2H3,(H,37,38,39,40)/t20-,28?/m1/s1. The van der Waals surface area contributed by atoms with E-state index >= 15 is 0 Å². The van der Waals surface area contributed by atoms with Crippen molar-refractivity contribution in [2.24, 2.45) is 0 Å². The molecule has 0 bridgehead atoms. The van der Waals surface area contributed by atoms with Gasteiger partial charge in [-0.2, -0.15) is 10.2 Å². The van der Waals surface area contributed by atoms with Crippen molar-refractivity contribution in [2.45, 2.75) is 56.3 Å². The molecule has 14 heteroatoms. The fraction of sp³-hybridized carbons (Fsp3) is 0.485. The minimum absolute atomic E-state index is 0.0000222. The largest absolute Gasteiger partial charge is 0.483 e. The summed E-state index contributed by atoms with van der Waals surface area (Å²) in [6, 6.07) is 12.8. The molecule has 2 N–H and O–H groups in total. The van der Waals surface area contributed by atoms with Crippen molar-refractivity contribution >= 4 is 17.5 Å². The second kappa shape index (κ2) is 13.7. The van der Waals surface area contributed by atoms with Crippen molar-refractivity contribution < 1.29 is 32.9 Å². The number of carbonyl (C=O) groups excluding carboxylic acids is 1. The minimum Gasteiger partial charge on any atom is -0.483 e. The van der Waals surface area contributed by atoms with Crippen LogP contribution in [0, 0.1) is 11.3 Å². The topological polar surface area (TPSA) is 146 Å². The number of alkyl halides is 2. The van der Waals surface area contributed by atoms with Gasteiger partial charge in [-0.1, -0.05) is 0 Å². The molecule has 3 fully saturated rings. The van der Waals surface area contributed by atoms with Gasteiger partial charge in [0, 0.05) is 30.2 Å². The number of methoxy groups -OCH3 is 1. The summed E-state index contributed by atoms with van der Waals surface area (Å²) >= 11 is 0. The molecule has 3 aliphatic rings. The molecule has 2 atom stereocenters. The number of aromatic nitrogens is 3. The van der Waals surface area contributed by atoms with Crippen LogP contribution in [-0.4, -0.2) is 106 Å². The van der Waals surface area contributed by atoms with E-state index < -0.39 is 30.6 Å². The zero-order valence-electron chi connectivity index (χ0n) is 26.2. The number of aliphatic hydroxyl groups excluding tert-OH is 1. The van der Waals surface area contributed by atoms with Crippen molar-refractivity contribution in [1.82, 2.24) is 24.8 Å². The van der Waals surface area contributed by atoms with Gasteiger partial charge >= 0.3 is 5.92 Å². The van der Waals surface area contributed by atoms with Gasteiger partial charge in [-0.25, -0.2) is 18.7 Å². The van der Waals surface area contributed by atoms with Crippen LogP contribution in [0.25, 0.3) is 11.3 Å². The van der Waals surface area contributed by atoms with Gasteiger partial charge in [-0.15, -0.1) is 0 Å². The first-order valence-corrected chi connectivity index (χ1v) is 15.7. The van der Waals surface area contributed by atoms with E-state index in [1.54, 1.807) is 19.2 Å². The quantitative estimate of drug-likeness (QED) is 0.350. The van der Waals surface area contributed by atoms with Crippen LogP contribution in [0.4, 0.5) is 20.4 Å². The lowest BCUT2D eigenvalue weighted by Crippen LogP contribution is -2.56. The van der Waals surface area contributed by atoms with Crippen LogP contribution in [0.3, 0.4) is 0 Å². The van der Waals surface area contributed by atoms with Gasteiger partial charge in [0.15, 0.2) is 6.10 Å². The Morgan fingerprint density at radius 1 is 1.13 bits per heavy atom. The van der Waals surface area contributed by atoms with Crippen molar-refractivity contribution in [3.63, 3.8) is 0 Å². The van der Waals surface area contributed by atoms with Gasteiger partial charge in [-0.05, 0) is 69.1 Å². The summed E-state index contributed by atoms with van der Waals surface area (Å²) in [5.41, 5.74) is 2.19. The van der Waals surface area contributed by atoms with Gasteiger partial charge in [0.05, 0.1) is 44.2 Å².